The van der Waals surface area contributed by atoms with Crippen LogP contribution in [0.2, 0.25) is 0 Å². The predicted molar refractivity (Wildman–Crippen MR) is 73.4 cm³/mol. The van der Waals surface area contributed by atoms with E-state index in [4.69, 9.17) is 5.73 Å². The summed E-state index contributed by atoms with van der Waals surface area (Å²) in [5, 5.41) is 3.37. The number of hydrogen-bond donors (Lipinski definition) is 2. The van der Waals surface area contributed by atoms with Crippen LogP contribution in [-0.4, -0.2) is 42.4 Å². The Hall–Kier alpha value is -1.10. The fourth-order valence-electron chi connectivity index (χ4n) is 3.06. The minimum Gasteiger partial charge on any atom is -0.369 e. The van der Waals surface area contributed by atoms with Crippen molar-refractivity contribution >= 4 is 11.8 Å². The molecule has 0 aromatic carbocycles. The van der Waals surface area contributed by atoms with Gasteiger partial charge < -0.3 is 16.0 Å². The number of hydrogen-bond acceptors (Lipinski definition) is 3. The van der Waals surface area contributed by atoms with Crippen molar-refractivity contribution in [1.29, 1.82) is 0 Å². The van der Waals surface area contributed by atoms with Crippen LogP contribution in [0.15, 0.2) is 0 Å². The van der Waals surface area contributed by atoms with Crippen molar-refractivity contribution in [1.82, 2.24) is 10.2 Å². The topological polar surface area (TPSA) is 75.4 Å². The van der Waals surface area contributed by atoms with Crippen LogP contribution < -0.4 is 11.1 Å². The fraction of sp³-hybridized carbons (Fsp3) is 0.857. The Bertz CT molecular complexity index is 319. The zero-order valence-corrected chi connectivity index (χ0v) is 11.6. The second-order valence-corrected chi connectivity index (χ2v) is 5.77. The van der Waals surface area contributed by atoms with Gasteiger partial charge in [-0.15, -0.1) is 0 Å². The van der Waals surface area contributed by atoms with Gasteiger partial charge in [0.2, 0.25) is 11.8 Å². The number of primary amides is 1. The summed E-state index contributed by atoms with van der Waals surface area (Å²) in [5.74, 6) is -0.115. The molecule has 5 heteroatoms. The predicted octanol–water partition coefficient (Wildman–Crippen LogP) is 0.633. The third-order valence-electron chi connectivity index (χ3n) is 4.40. The first-order valence-electron chi connectivity index (χ1n) is 7.47. The smallest absolute Gasteiger partial charge is 0.236 e. The maximum absolute atomic E-state index is 12.1. The molecule has 2 rings (SSSR count). The van der Waals surface area contributed by atoms with Gasteiger partial charge in [-0.25, -0.2) is 0 Å². The van der Waals surface area contributed by atoms with Crippen molar-refractivity contribution in [2.75, 3.05) is 19.6 Å². The number of nitrogens with one attached hydrogen (secondary N) is 1. The fourth-order valence-corrected chi connectivity index (χ4v) is 3.06. The van der Waals surface area contributed by atoms with Crippen LogP contribution in [0.1, 0.15) is 44.9 Å². The van der Waals surface area contributed by atoms with Gasteiger partial charge in [-0.3, -0.25) is 9.59 Å². The van der Waals surface area contributed by atoms with Crippen LogP contribution in [0.5, 0.6) is 0 Å². The normalized spacial score (nSPS) is 22.4. The van der Waals surface area contributed by atoms with Crippen LogP contribution in [-0.2, 0) is 9.59 Å². The first-order valence-corrected chi connectivity index (χ1v) is 7.47. The first kappa shape index (κ1) is 14.3. The zero-order valence-electron chi connectivity index (χ0n) is 11.6. The summed E-state index contributed by atoms with van der Waals surface area (Å²) >= 11 is 0. The van der Waals surface area contributed by atoms with Crippen LogP contribution in [0, 0.1) is 5.92 Å². The molecule has 1 aliphatic carbocycles. The van der Waals surface area contributed by atoms with E-state index in [0.717, 1.165) is 0 Å². The van der Waals surface area contributed by atoms with E-state index in [9.17, 15) is 9.59 Å². The molecule has 0 aromatic heterocycles. The van der Waals surface area contributed by atoms with Crippen molar-refractivity contribution in [3.63, 3.8) is 0 Å². The van der Waals surface area contributed by atoms with E-state index in [1.165, 1.54) is 32.1 Å². The number of amides is 2. The largest absolute Gasteiger partial charge is 0.369 e. The van der Waals surface area contributed by atoms with E-state index in [1.807, 2.05) is 4.90 Å². The maximum atomic E-state index is 12.1. The average Bonchev–Trinajstić information content (AvgIpc) is 2.46. The summed E-state index contributed by atoms with van der Waals surface area (Å²) in [6, 6.07) is 0.515. The zero-order chi connectivity index (χ0) is 13.7. The van der Waals surface area contributed by atoms with Gasteiger partial charge in [0, 0.05) is 25.0 Å². The quantitative estimate of drug-likeness (QED) is 0.784. The highest BCUT2D eigenvalue weighted by Crippen LogP contribution is 2.18. The maximum Gasteiger partial charge on any atom is 0.236 e. The van der Waals surface area contributed by atoms with Gasteiger partial charge in [-0.05, 0) is 25.7 Å². The Morgan fingerprint density at radius 3 is 2.26 bits per heavy atom. The number of nitrogens with two attached hydrogens (primary N) is 1. The van der Waals surface area contributed by atoms with Crippen molar-refractivity contribution in [3.8, 4) is 0 Å². The molecule has 0 atom stereocenters. The highest BCUT2D eigenvalue weighted by atomic mass is 16.2. The molecule has 0 spiro atoms. The van der Waals surface area contributed by atoms with Crippen molar-refractivity contribution in [3.05, 3.63) is 0 Å². The molecule has 2 fully saturated rings. The number of nitrogens with zero attached hydrogens (tertiary/aromatic N) is 1. The molecule has 3 N–H and O–H groups in total. The second kappa shape index (κ2) is 6.89. The van der Waals surface area contributed by atoms with Gasteiger partial charge in [0.1, 0.15) is 0 Å². The Labute approximate surface area is 114 Å². The van der Waals surface area contributed by atoms with E-state index in [0.29, 0.717) is 38.5 Å². The molecular weight excluding hydrogens is 242 g/mol. The molecule has 108 valence electrons. The first-order chi connectivity index (χ1) is 9.16. The van der Waals surface area contributed by atoms with Crippen molar-refractivity contribution < 1.29 is 9.59 Å². The van der Waals surface area contributed by atoms with Crippen LogP contribution in [0.25, 0.3) is 0 Å². The summed E-state index contributed by atoms with van der Waals surface area (Å²) in [6.45, 7) is 1.77. The summed E-state index contributed by atoms with van der Waals surface area (Å²) in [5.41, 5.74) is 5.29. The number of piperidine rings is 1. The highest BCUT2D eigenvalue weighted by molar-refractivity contribution is 5.80. The molecule has 1 heterocycles. The van der Waals surface area contributed by atoms with E-state index < -0.39 is 0 Å². The van der Waals surface area contributed by atoms with Crippen LogP contribution >= 0.6 is 0 Å². The summed E-state index contributed by atoms with van der Waals surface area (Å²) in [7, 11) is 0. The number of carbonyl (C=O) groups excluding carboxylic acids is 2. The Kier molecular flexibility index (Phi) is 5.19. The minimum absolute atomic E-state index is 0.0460. The molecule has 0 unspecified atom stereocenters. The molecular formula is C14H25N3O2. The lowest BCUT2D eigenvalue weighted by molar-refractivity contribution is -0.134. The molecule has 0 bridgehead atoms. The lowest BCUT2D eigenvalue weighted by atomic mass is 9.95. The van der Waals surface area contributed by atoms with Gasteiger partial charge in [0.15, 0.2) is 0 Å². The molecule has 2 aliphatic rings. The summed E-state index contributed by atoms with van der Waals surface area (Å²) in [4.78, 5) is 25.0. The van der Waals surface area contributed by atoms with E-state index in [1.54, 1.807) is 0 Å². The third-order valence-corrected chi connectivity index (χ3v) is 4.40. The van der Waals surface area contributed by atoms with Gasteiger partial charge in [-0.1, -0.05) is 19.3 Å². The monoisotopic (exact) mass is 267 g/mol. The number of rotatable bonds is 4. The molecule has 5 nitrogen and oxygen atoms in total. The van der Waals surface area contributed by atoms with Gasteiger partial charge in [0.25, 0.3) is 0 Å². The van der Waals surface area contributed by atoms with E-state index in [-0.39, 0.29) is 17.7 Å². The second-order valence-electron chi connectivity index (χ2n) is 5.77. The lowest BCUT2D eigenvalue weighted by Crippen LogP contribution is -2.46. The molecule has 0 radical (unpaired) electrons. The Morgan fingerprint density at radius 2 is 1.68 bits per heavy atom. The molecule has 0 aromatic rings. The Morgan fingerprint density at radius 1 is 1.05 bits per heavy atom. The van der Waals surface area contributed by atoms with E-state index in [2.05, 4.69) is 5.32 Å². The Balaban J connectivity index is 1.67. The van der Waals surface area contributed by atoms with Crippen LogP contribution in [0.3, 0.4) is 0 Å². The number of carbonyl (C=O) groups is 2. The molecule has 1 aliphatic heterocycles. The van der Waals surface area contributed by atoms with Crippen molar-refractivity contribution in [2.24, 2.45) is 11.7 Å². The van der Waals surface area contributed by atoms with Gasteiger partial charge in [0.05, 0.1) is 6.54 Å². The third kappa shape index (κ3) is 4.20. The van der Waals surface area contributed by atoms with Gasteiger partial charge in [-0.2, -0.15) is 0 Å². The highest BCUT2D eigenvalue weighted by Gasteiger charge is 2.26. The standard InChI is InChI=1S/C14H25N3O2/c15-14(19)11-6-8-17(9-7-11)13(18)10-16-12-4-2-1-3-5-12/h11-12,16H,1-10H2,(H2,15,19). The SMILES string of the molecule is NC(=O)C1CCN(C(=O)CNC2CCCCC2)CC1. The summed E-state index contributed by atoms with van der Waals surface area (Å²) < 4.78 is 0. The lowest BCUT2D eigenvalue weighted by Gasteiger charge is -2.31. The van der Waals surface area contributed by atoms with Gasteiger partial charge >= 0.3 is 0 Å². The van der Waals surface area contributed by atoms with Crippen molar-refractivity contribution in [2.45, 2.75) is 51.0 Å². The molecule has 2 amide bonds. The molecule has 19 heavy (non-hydrogen) atoms. The molecule has 1 saturated carbocycles. The van der Waals surface area contributed by atoms with Crippen LogP contribution in [0.4, 0.5) is 0 Å². The van der Waals surface area contributed by atoms with E-state index >= 15 is 0 Å². The average molecular weight is 267 g/mol. The number of likely N-dealkylation sites (tertiary alicyclic amines) is 1. The molecule has 1 saturated heterocycles. The minimum atomic E-state index is -0.229. The summed E-state index contributed by atoms with van der Waals surface area (Å²) in [6.07, 6.45) is 7.68.